The standard InChI is InChI=1S/C23H34N4O3S/c1-17(2)16-27-19(4)20(18(3)25-27)12-13-23(28)24-21-10-6-7-11-22(21)31(29,30)26-14-8-5-9-15-26/h6-7,10-11,17H,5,8-9,12-16H2,1-4H3,(H,24,28). The highest BCUT2D eigenvalue weighted by Gasteiger charge is 2.28. The molecule has 1 N–H and O–H groups in total. The molecule has 0 atom stereocenters. The van der Waals surface area contributed by atoms with Gasteiger partial charge in [-0.3, -0.25) is 9.48 Å². The third-order valence-electron chi connectivity index (χ3n) is 5.77. The monoisotopic (exact) mass is 446 g/mol. The number of anilines is 1. The van der Waals surface area contributed by atoms with Crippen LogP contribution in [-0.2, 0) is 27.8 Å². The molecule has 1 fully saturated rings. The average Bonchev–Trinajstić information content (AvgIpc) is 2.99. The molecule has 2 aromatic rings. The Labute approximate surface area is 185 Å². The number of carbonyl (C=O) groups excluding carboxylic acids is 1. The Morgan fingerprint density at radius 2 is 1.81 bits per heavy atom. The van der Waals surface area contributed by atoms with Crippen LogP contribution in [0.4, 0.5) is 5.69 Å². The largest absolute Gasteiger partial charge is 0.325 e. The maximum absolute atomic E-state index is 13.1. The number of carbonyl (C=O) groups is 1. The van der Waals surface area contributed by atoms with Crippen LogP contribution in [0.15, 0.2) is 29.2 Å². The number of benzene rings is 1. The molecule has 170 valence electrons. The molecule has 1 aliphatic heterocycles. The van der Waals surface area contributed by atoms with Crippen molar-refractivity contribution in [2.45, 2.75) is 71.2 Å². The van der Waals surface area contributed by atoms with E-state index in [0.29, 0.717) is 31.1 Å². The minimum atomic E-state index is -3.62. The Morgan fingerprint density at radius 1 is 1.13 bits per heavy atom. The zero-order valence-electron chi connectivity index (χ0n) is 19.0. The molecule has 3 rings (SSSR count). The van der Waals surface area contributed by atoms with Crippen molar-refractivity contribution < 1.29 is 13.2 Å². The molecule has 1 aromatic heterocycles. The Bertz CT molecular complexity index is 1020. The molecule has 0 spiro atoms. The van der Waals surface area contributed by atoms with E-state index in [-0.39, 0.29) is 17.2 Å². The zero-order chi connectivity index (χ0) is 22.6. The van der Waals surface area contributed by atoms with Crippen molar-refractivity contribution in [2.24, 2.45) is 5.92 Å². The topological polar surface area (TPSA) is 84.3 Å². The summed E-state index contributed by atoms with van der Waals surface area (Å²) in [5, 5.41) is 7.44. The lowest BCUT2D eigenvalue weighted by molar-refractivity contribution is -0.116. The molecule has 0 radical (unpaired) electrons. The van der Waals surface area contributed by atoms with Gasteiger partial charge in [-0.25, -0.2) is 8.42 Å². The molecule has 8 heteroatoms. The number of hydrogen-bond donors (Lipinski definition) is 1. The SMILES string of the molecule is Cc1nn(CC(C)C)c(C)c1CCC(=O)Nc1ccccc1S(=O)(=O)N1CCCCC1. The minimum absolute atomic E-state index is 0.169. The molecule has 0 unspecified atom stereocenters. The second-order valence-electron chi connectivity index (χ2n) is 8.73. The van der Waals surface area contributed by atoms with Gasteiger partial charge >= 0.3 is 0 Å². The lowest BCUT2D eigenvalue weighted by Crippen LogP contribution is -2.36. The van der Waals surface area contributed by atoms with Crippen molar-refractivity contribution in [2.75, 3.05) is 18.4 Å². The normalized spacial score (nSPS) is 15.4. The first-order valence-electron chi connectivity index (χ1n) is 11.1. The molecule has 1 aromatic carbocycles. The number of aryl methyl sites for hydroxylation is 1. The molecule has 7 nitrogen and oxygen atoms in total. The van der Waals surface area contributed by atoms with Crippen molar-refractivity contribution >= 4 is 21.6 Å². The van der Waals surface area contributed by atoms with E-state index >= 15 is 0 Å². The number of amides is 1. The van der Waals surface area contributed by atoms with Gasteiger partial charge in [0.25, 0.3) is 0 Å². The summed E-state index contributed by atoms with van der Waals surface area (Å²) in [6.45, 7) is 10.2. The van der Waals surface area contributed by atoms with Gasteiger partial charge in [-0.2, -0.15) is 9.40 Å². The molecule has 0 saturated carbocycles. The minimum Gasteiger partial charge on any atom is -0.325 e. The van der Waals surface area contributed by atoms with Crippen LogP contribution < -0.4 is 5.32 Å². The highest BCUT2D eigenvalue weighted by Crippen LogP contribution is 2.27. The Kier molecular flexibility index (Phi) is 7.54. The number of nitrogens with zero attached hydrogens (tertiary/aromatic N) is 3. The molecular weight excluding hydrogens is 412 g/mol. The number of para-hydroxylation sites is 1. The molecule has 0 aliphatic carbocycles. The van der Waals surface area contributed by atoms with Gasteiger partial charge in [-0.15, -0.1) is 0 Å². The van der Waals surface area contributed by atoms with E-state index in [0.717, 1.165) is 42.8 Å². The van der Waals surface area contributed by atoms with E-state index < -0.39 is 10.0 Å². The number of aromatic nitrogens is 2. The second kappa shape index (κ2) is 9.96. The molecule has 1 saturated heterocycles. The van der Waals surface area contributed by atoms with Gasteiger partial charge in [-0.1, -0.05) is 32.4 Å². The molecular formula is C23H34N4O3S. The fraction of sp³-hybridized carbons (Fsp3) is 0.565. The van der Waals surface area contributed by atoms with Gasteiger partial charge in [0.15, 0.2) is 0 Å². The molecule has 1 amide bonds. The Morgan fingerprint density at radius 3 is 2.48 bits per heavy atom. The van der Waals surface area contributed by atoms with Crippen molar-refractivity contribution in [1.82, 2.24) is 14.1 Å². The summed E-state index contributed by atoms with van der Waals surface area (Å²) >= 11 is 0. The van der Waals surface area contributed by atoms with E-state index in [1.54, 1.807) is 24.3 Å². The van der Waals surface area contributed by atoms with Gasteiger partial charge in [-0.05, 0) is 56.7 Å². The first-order valence-corrected chi connectivity index (χ1v) is 12.6. The van der Waals surface area contributed by atoms with Crippen LogP contribution in [0.3, 0.4) is 0 Å². The summed E-state index contributed by atoms with van der Waals surface area (Å²) in [5.41, 5.74) is 3.47. The van der Waals surface area contributed by atoms with Crippen molar-refractivity contribution in [3.63, 3.8) is 0 Å². The highest BCUT2D eigenvalue weighted by molar-refractivity contribution is 7.89. The van der Waals surface area contributed by atoms with Crippen LogP contribution in [0.5, 0.6) is 0 Å². The average molecular weight is 447 g/mol. The van der Waals surface area contributed by atoms with Crippen LogP contribution in [0.1, 0.15) is 56.5 Å². The maximum Gasteiger partial charge on any atom is 0.245 e. The number of nitrogens with one attached hydrogen (secondary N) is 1. The van der Waals surface area contributed by atoms with E-state index in [9.17, 15) is 13.2 Å². The molecule has 0 bridgehead atoms. The summed E-state index contributed by atoms with van der Waals surface area (Å²) < 4.78 is 29.8. The van der Waals surface area contributed by atoms with E-state index in [1.165, 1.54) is 4.31 Å². The lowest BCUT2D eigenvalue weighted by atomic mass is 10.1. The quantitative estimate of drug-likeness (QED) is 0.666. The van der Waals surface area contributed by atoms with E-state index in [1.807, 2.05) is 18.5 Å². The van der Waals surface area contributed by atoms with Crippen LogP contribution in [-0.4, -0.2) is 41.5 Å². The van der Waals surface area contributed by atoms with E-state index in [2.05, 4.69) is 24.3 Å². The van der Waals surface area contributed by atoms with Crippen LogP contribution >= 0.6 is 0 Å². The fourth-order valence-electron chi connectivity index (χ4n) is 4.11. The summed E-state index contributed by atoms with van der Waals surface area (Å²) in [6.07, 6.45) is 3.64. The highest BCUT2D eigenvalue weighted by atomic mass is 32.2. The predicted molar refractivity (Wildman–Crippen MR) is 123 cm³/mol. The summed E-state index contributed by atoms with van der Waals surface area (Å²) in [7, 11) is -3.62. The third-order valence-corrected chi connectivity index (χ3v) is 7.72. The first-order chi connectivity index (χ1) is 14.7. The molecule has 1 aliphatic rings. The number of piperidine rings is 1. The lowest BCUT2D eigenvalue weighted by Gasteiger charge is -2.26. The smallest absolute Gasteiger partial charge is 0.245 e. The van der Waals surface area contributed by atoms with E-state index in [4.69, 9.17) is 0 Å². The predicted octanol–water partition coefficient (Wildman–Crippen LogP) is 3.90. The maximum atomic E-state index is 13.1. The van der Waals surface area contributed by atoms with Crippen molar-refractivity contribution in [3.8, 4) is 0 Å². The van der Waals surface area contributed by atoms with Crippen LogP contribution in [0.25, 0.3) is 0 Å². The summed E-state index contributed by atoms with van der Waals surface area (Å²) in [5.74, 6) is 0.296. The zero-order valence-corrected chi connectivity index (χ0v) is 19.8. The van der Waals surface area contributed by atoms with Crippen molar-refractivity contribution in [1.29, 1.82) is 0 Å². The van der Waals surface area contributed by atoms with Crippen LogP contribution in [0.2, 0.25) is 0 Å². The van der Waals surface area contributed by atoms with Gasteiger partial charge in [0.1, 0.15) is 4.90 Å². The second-order valence-corrected chi connectivity index (χ2v) is 10.6. The Hall–Kier alpha value is -2.19. The van der Waals surface area contributed by atoms with Gasteiger partial charge in [0, 0.05) is 31.7 Å². The number of sulfonamides is 1. The summed E-state index contributed by atoms with van der Waals surface area (Å²) in [6, 6.07) is 6.67. The summed E-state index contributed by atoms with van der Waals surface area (Å²) in [4.78, 5) is 12.9. The third kappa shape index (κ3) is 5.54. The number of hydrogen-bond acceptors (Lipinski definition) is 4. The van der Waals surface area contributed by atoms with Crippen molar-refractivity contribution in [3.05, 3.63) is 41.2 Å². The van der Waals surface area contributed by atoms with Crippen LogP contribution in [0, 0.1) is 19.8 Å². The molecule has 2 heterocycles. The molecule has 31 heavy (non-hydrogen) atoms. The number of rotatable bonds is 8. The van der Waals surface area contributed by atoms with Gasteiger partial charge in [0.05, 0.1) is 11.4 Å². The van der Waals surface area contributed by atoms with Gasteiger partial charge < -0.3 is 5.32 Å². The first kappa shape index (κ1) is 23.5. The Balaban J connectivity index is 1.70. The fourth-order valence-corrected chi connectivity index (χ4v) is 5.77. The van der Waals surface area contributed by atoms with Gasteiger partial charge in [0.2, 0.25) is 15.9 Å².